The van der Waals surface area contributed by atoms with Crippen molar-refractivity contribution in [2.24, 2.45) is 23.1 Å². The third-order valence-electron chi connectivity index (χ3n) is 19.5. The number of aromatic nitrogens is 10. The average Bonchev–Trinajstić information content (AvgIpc) is 1.80. The highest BCUT2D eigenvalue weighted by Crippen LogP contribution is 2.20. The molecule has 5 aromatic heterocycles. The topological polar surface area (TPSA) is 791 Å². The standard InChI is InChI=1S/C74H113N29O21S/c1-35(2)17-47(65(115)101-57(37(4)106)70(120)91-44(11-12-56(76)108)59(109)90-45(13-16-125-6)60(110)92-46(73(123)124)9-7-14-84-74(77)78)93-61(111)48(18-39-23-79-30-85-39)94-62(112)49(19-40-24-80-31-86-40)96-67(117)53(28-104)99-64(114)51(21-42-26-82-33-88-42)98-71(121)58(38(5)107)102-66(116)52(22-43-27-83-34-89-43)95-63(113)50(20-41-25-81-32-87-41)97-68(118)54(29-105)100-69(119)55-10-8-15-103(55)72(122)36(3)75/h23-27,30-38,44-55,57-58,104-107H,7-22,28-29,75H2,1-6H3,(H2,76,108)(H,79,85)(H,80,86)(H,81,87)(H,82,88)(H,83,89)(H,90,109)(H,91,120)(H,92,110)(H,93,111)(H,94,112)(H,95,113)(H,96,117)(H,97,118)(H,98,121)(H,99,114)(H,100,119)(H,101,115)(H,102,116)(H,123,124)(H4,77,78,84)/t36-,37+,38+,44-,45-,46-,47-,48-,49-,50-,51-,52-,53-,54-,55-,57-,58-/m0/s1. The fourth-order valence-corrected chi connectivity index (χ4v) is 13.4. The van der Waals surface area contributed by atoms with E-state index < -0.39 is 242 Å². The number of carbonyl (C=O) groups is 16. The van der Waals surface area contributed by atoms with E-state index >= 15 is 0 Å². The number of nitrogens with one attached hydrogen (secondary N) is 20. The summed E-state index contributed by atoms with van der Waals surface area (Å²) in [7, 11) is 0. The molecule has 686 valence electrons. The first kappa shape index (κ1) is 101. The number of carboxylic acids is 1. The van der Waals surface area contributed by atoms with Gasteiger partial charge in [-0.1, -0.05) is 13.8 Å². The molecule has 0 aromatic carbocycles. The van der Waals surface area contributed by atoms with Crippen molar-refractivity contribution in [2.45, 2.75) is 221 Å². The van der Waals surface area contributed by atoms with Gasteiger partial charge in [0, 0.05) is 111 Å². The quantitative estimate of drug-likeness (QED) is 0.00976. The lowest BCUT2D eigenvalue weighted by atomic mass is 10.0. The van der Waals surface area contributed by atoms with E-state index in [1.807, 2.05) is 0 Å². The van der Waals surface area contributed by atoms with Crippen LogP contribution in [0.25, 0.3) is 0 Å². The first-order valence-electron chi connectivity index (χ1n) is 39.9. The summed E-state index contributed by atoms with van der Waals surface area (Å²) in [6, 6.07) is -24.1. The molecule has 1 aliphatic heterocycles. The SMILES string of the molecule is CSCC[C@H](NC(=O)[C@H](CCC(N)=O)NC(=O)[C@@H](NC(=O)[C@H](CC(C)C)NC(=O)[C@H](Cc1cnc[nH]1)NC(=O)[C@H](Cc1cnc[nH]1)NC(=O)[C@H](CO)NC(=O)[C@H](Cc1cnc[nH]1)NC(=O)[C@@H](NC(=O)[C@H](Cc1cnc[nH]1)NC(=O)[C@H](Cc1cnc[nH]1)NC(=O)[C@H](CO)NC(=O)[C@@H]1CCCN1C(=O)[C@H](C)N)[C@@H](C)O)[C@@H](C)O)C(=O)N[C@@H](CCCNC(=N)N)C(=O)O. The van der Waals surface area contributed by atoms with Gasteiger partial charge in [0.15, 0.2) is 5.96 Å². The van der Waals surface area contributed by atoms with Gasteiger partial charge in [0.1, 0.15) is 84.6 Å². The van der Waals surface area contributed by atoms with Crippen molar-refractivity contribution in [3.05, 3.63) is 91.1 Å². The van der Waals surface area contributed by atoms with E-state index in [4.69, 9.17) is 22.6 Å². The van der Waals surface area contributed by atoms with Crippen molar-refractivity contribution in [3.8, 4) is 0 Å². The molecule has 0 unspecified atom stereocenters. The molecule has 17 atom stereocenters. The number of carbonyl (C=O) groups excluding carboxylic acids is 15. The van der Waals surface area contributed by atoms with Gasteiger partial charge in [0.05, 0.1) is 63.1 Å². The number of likely N-dealkylation sites (tertiary alicyclic amines) is 1. The lowest BCUT2D eigenvalue weighted by molar-refractivity contribution is -0.142. The Bertz CT molecular complexity index is 4380. The molecule has 6 heterocycles. The van der Waals surface area contributed by atoms with Gasteiger partial charge >= 0.3 is 5.97 Å². The summed E-state index contributed by atoms with van der Waals surface area (Å²) in [5, 5.41) is 95.2. The van der Waals surface area contributed by atoms with E-state index in [1.54, 1.807) is 20.1 Å². The van der Waals surface area contributed by atoms with E-state index in [1.165, 1.54) is 86.2 Å². The Morgan fingerprint density at radius 3 is 1.14 bits per heavy atom. The van der Waals surface area contributed by atoms with Gasteiger partial charge < -0.3 is 147 Å². The number of H-pyrrole nitrogens is 5. The zero-order chi connectivity index (χ0) is 92.1. The third-order valence-corrected chi connectivity index (χ3v) is 20.2. The highest BCUT2D eigenvalue weighted by Gasteiger charge is 2.42. The van der Waals surface area contributed by atoms with Crippen molar-refractivity contribution >= 4 is 112 Å². The molecular formula is C74H113N29O21S. The number of nitrogens with zero attached hydrogens (tertiary/aromatic N) is 6. The molecule has 15 amide bonds. The third kappa shape index (κ3) is 33.0. The van der Waals surface area contributed by atoms with Gasteiger partial charge in [-0.3, -0.25) is 77.3 Å². The zero-order valence-corrected chi connectivity index (χ0v) is 70.3. The van der Waals surface area contributed by atoms with E-state index in [2.05, 4.69) is 124 Å². The number of nitrogens with two attached hydrogens (primary N) is 3. The molecule has 50 nitrogen and oxygen atoms in total. The first-order chi connectivity index (χ1) is 59.4. The minimum atomic E-state index is -1.97. The van der Waals surface area contributed by atoms with Crippen LogP contribution in [0.15, 0.2) is 62.6 Å². The number of thioether (sulfide) groups is 1. The number of aliphatic hydroxyl groups is 4. The molecule has 5 aromatic rings. The summed E-state index contributed by atoms with van der Waals surface area (Å²) in [6.07, 6.45) is 8.40. The van der Waals surface area contributed by atoms with E-state index in [-0.39, 0.29) is 105 Å². The fourth-order valence-electron chi connectivity index (χ4n) is 12.9. The second-order valence-electron chi connectivity index (χ2n) is 30.1. The summed E-state index contributed by atoms with van der Waals surface area (Å²) in [5.41, 5.74) is 17.7. The minimum absolute atomic E-state index is 0.0569. The summed E-state index contributed by atoms with van der Waals surface area (Å²) in [5.74, 6) is -17.5. The highest BCUT2D eigenvalue weighted by atomic mass is 32.2. The maximum absolute atomic E-state index is 14.8. The molecule has 51 heteroatoms. The number of guanidine groups is 1. The monoisotopic (exact) mass is 1780 g/mol. The number of carboxylic acid groups (broad SMARTS) is 1. The zero-order valence-electron chi connectivity index (χ0n) is 69.5. The van der Waals surface area contributed by atoms with Crippen molar-refractivity contribution in [3.63, 3.8) is 0 Å². The molecule has 1 saturated heterocycles. The number of rotatable bonds is 54. The number of hydrogen-bond acceptors (Lipinski definition) is 28. The van der Waals surface area contributed by atoms with Crippen molar-refractivity contribution in [2.75, 3.05) is 38.3 Å². The van der Waals surface area contributed by atoms with Crippen LogP contribution in [0, 0.1) is 11.3 Å². The van der Waals surface area contributed by atoms with Crippen LogP contribution in [0.5, 0.6) is 0 Å². The predicted octanol–water partition coefficient (Wildman–Crippen LogP) is -10.4. The Kier molecular flexibility index (Phi) is 40.8. The number of aliphatic carboxylic acids is 1. The van der Waals surface area contributed by atoms with Gasteiger partial charge in [-0.15, -0.1) is 0 Å². The predicted molar refractivity (Wildman–Crippen MR) is 440 cm³/mol. The molecular weight excluding hydrogens is 1660 g/mol. The van der Waals surface area contributed by atoms with Crippen molar-refractivity contribution < 1.29 is 102 Å². The second-order valence-corrected chi connectivity index (χ2v) is 31.1. The molecule has 1 fully saturated rings. The minimum Gasteiger partial charge on any atom is -0.480 e. The number of aliphatic hydroxyl groups excluding tert-OH is 4. The van der Waals surface area contributed by atoms with Gasteiger partial charge in [-0.25, -0.2) is 29.7 Å². The maximum Gasteiger partial charge on any atom is 0.326 e. The number of imidazole rings is 5. The van der Waals surface area contributed by atoms with E-state index in [0.717, 1.165) is 13.8 Å². The van der Waals surface area contributed by atoms with Gasteiger partial charge in [0.2, 0.25) is 88.6 Å². The van der Waals surface area contributed by atoms with Crippen LogP contribution in [0.3, 0.4) is 0 Å². The van der Waals surface area contributed by atoms with Crippen LogP contribution < -0.4 is 91.6 Å². The van der Waals surface area contributed by atoms with Crippen molar-refractivity contribution in [1.82, 2.24) is 129 Å². The van der Waals surface area contributed by atoms with Gasteiger partial charge in [-0.2, -0.15) is 11.8 Å². The Labute approximate surface area is 719 Å². The Morgan fingerprint density at radius 1 is 0.464 bits per heavy atom. The maximum atomic E-state index is 14.8. The van der Waals surface area contributed by atoms with Crippen LogP contribution in [0.4, 0.5) is 0 Å². The number of hydrogen-bond donors (Lipinski definition) is 28. The summed E-state index contributed by atoms with van der Waals surface area (Å²) in [4.78, 5) is 259. The van der Waals surface area contributed by atoms with Gasteiger partial charge in [0.25, 0.3) is 0 Å². The van der Waals surface area contributed by atoms with Crippen LogP contribution >= 0.6 is 11.8 Å². The lowest BCUT2D eigenvalue weighted by Gasteiger charge is -2.29. The molecule has 31 N–H and O–H groups in total. The number of primary amides is 1. The Balaban J connectivity index is 1.18. The van der Waals surface area contributed by atoms with E-state index in [9.17, 15) is 102 Å². The summed E-state index contributed by atoms with van der Waals surface area (Å²) < 4.78 is 0. The first-order valence-corrected chi connectivity index (χ1v) is 41.3. The average molecular weight is 1780 g/mol. The number of amides is 15. The van der Waals surface area contributed by atoms with Crippen LogP contribution in [-0.2, 0) is 109 Å². The molecule has 0 radical (unpaired) electrons. The van der Waals surface area contributed by atoms with Crippen molar-refractivity contribution in [1.29, 1.82) is 5.41 Å². The molecule has 0 aliphatic carbocycles. The smallest absolute Gasteiger partial charge is 0.326 e. The fraction of sp³-hybridized carbons (Fsp3) is 0.568. The second kappa shape index (κ2) is 50.5. The summed E-state index contributed by atoms with van der Waals surface area (Å²) >= 11 is 1.28. The molecule has 125 heavy (non-hydrogen) atoms. The van der Waals surface area contributed by atoms with Crippen LogP contribution in [0.2, 0.25) is 0 Å². The van der Waals surface area contributed by atoms with E-state index in [0.29, 0.717) is 6.42 Å². The normalized spacial score (nSPS) is 16.3. The molecule has 0 saturated carbocycles. The van der Waals surface area contributed by atoms with Crippen LogP contribution in [0.1, 0.15) is 114 Å². The molecule has 6 rings (SSSR count). The Morgan fingerprint density at radius 2 is 0.792 bits per heavy atom. The largest absolute Gasteiger partial charge is 0.480 e. The van der Waals surface area contributed by atoms with Crippen LogP contribution in [-0.4, -0.2) is 322 Å². The molecule has 1 aliphatic rings. The molecule has 0 bridgehead atoms. The highest BCUT2D eigenvalue weighted by molar-refractivity contribution is 7.98. The summed E-state index contributed by atoms with van der Waals surface area (Å²) in [6.45, 7) is 5.15. The van der Waals surface area contributed by atoms with Gasteiger partial charge in [-0.05, 0) is 83.6 Å². The molecule has 0 spiro atoms. The Hall–Kier alpha value is -13.0. The number of aromatic amines is 5. The lowest BCUT2D eigenvalue weighted by Crippen LogP contribution is -2.63.